The van der Waals surface area contributed by atoms with Crippen LogP contribution in [0.3, 0.4) is 0 Å². The first kappa shape index (κ1) is 14.0. The molecule has 0 aliphatic carbocycles. The van der Waals surface area contributed by atoms with E-state index in [1.54, 1.807) is 13.3 Å². The zero-order valence-electron chi connectivity index (χ0n) is 11.1. The van der Waals surface area contributed by atoms with E-state index in [1.165, 1.54) is 11.1 Å². The van der Waals surface area contributed by atoms with Gasteiger partial charge in [0.1, 0.15) is 0 Å². The Kier molecular flexibility index (Phi) is 4.93. The van der Waals surface area contributed by atoms with E-state index < -0.39 is 0 Å². The first-order valence-corrected chi connectivity index (χ1v) is 6.93. The molecule has 1 heterocycles. The predicted molar refractivity (Wildman–Crippen MR) is 80.2 cm³/mol. The van der Waals surface area contributed by atoms with Gasteiger partial charge in [-0.15, -0.1) is 0 Å². The second-order valence-electron chi connectivity index (χ2n) is 4.36. The maximum atomic E-state index is 5.23. The van der Waals surface area contributed by atoms with Crippen molar-refractivity contribution in [2.24, 2.45) is 0 Å². The number of hydrogen-bond donors (Lipinski definition) is 1. The molecule has 0 saturated carbocycles. The van der Waals surface area contributed by atoms with Gasteiger partial charge in [-0.2, -0.15) is 0 Å². The van der Waals surface area contributed by atoms with Crippen LogP contribution in [0.5, 0.6) is 5.88 Å². The van der Waals surface area contributed by atoms with Gasteiger partial charge in [-0.3, -0.25) is 0 Å². The number of ether oxygens (including phenoxy) is 1. The van der Waals surface area contributed by atoms with Gasteiger partial charge in [0.15, 0.2) is 0 Å². The number of benzene rings is 1. The fourth-order valence-electron chi connectivity index (χ4n) is 1.90. The standard InChI is InChI=1S/C15H17BrN2O/c1-11-8-12(5-6-14(11)16)9-17-10-13-4-3-7-18-15(13)19-2/h3-8,17H,9-10H2,1-2H3. The van der Waals surface area contributed by atoms with Crippen LogP contribution in [0.15, 0.2) is 41.0 Å². The van der Waals surface area contributed by atoms with Crippen molar-refractivity contribution in [2.45, 2.75) is 20.0 Å². The third kappa shape index (κ3) is 3.78. The zero-order chi connectivity index (χ0) is 13.7. The number of rotatable bonds is 5. The molecule has 2 aromatic rings. The van der Waals surface area contributed by atoms with Crippen molar-refractivity contribution in [3.8, 4) is 5.88 Å². The Balaban J connectivity index is 1.94. The Labute approximate surface area is 122 Å². The molecule has 100 valence electrons. The van der Waals surface area contributed by atoms with E-state index in [9.17, 15) is 0 Å². The Morgan fingerprint density at radius 3 is 2.84 bits per heavy atom. The molecule has 0 radical (unpaired) electrons. The summed E-state index contributed by atoms with van der Waals surface area (Å²) in [6.07, 6.45) is 1.74. The van der Waals surface area contributed by atoms with Crippen LogP contribution in [0.1, 0.15) is 16.7 Å². The number of methoxy groups -OCH3 is 1. The molecule has 2 rings (SSSR count). The molecule has 0 atom stereocenters. The van der Waals surface area contributed by atoms with Gasteiger partial charge in [0.05, 0.1) is 7.11 Å². The van der Waals surface area contributed by atoms with Gasteiger partial charge in [-0.05, 0) is 30.2 Å². The molecule has 0 fully saturated rings. The lowest BCUT2D eigenvalue weighted by molar-refractivity contribution is 0.390. The lowest BCUT2D eigenvalue weighted by Gasteiger charge is -2.09. The van der Waals surface area contributed by atoms with E-state index in [4.69, 9.17) is 4.74 Å². The monoisotopic (exact) mass is 320 g/mol. The summed E-state index contributed by atoms with van der Waals surface area (Å²) in [5.74, 6) is 0.682. The van der Waals surface area contributed by atoms with Crippen molar-refractivity contribution in [3.63, 3.8) is 0 Å². The van der Waals surface area contributed by atoms with E-state index in [1.807, 2.05) is 12.1 Å². The van der Waals surface area contributed by atoms with Gasteiger partial charge in [0, 0.05) is 29.3 Å². The molecule has 0 saturated heterocycles. The van der Waals surface area contributed by atoms with E-state index in [-0.39, 0.29) is 0 Å². The quantitative estimate of drug-likeness (QED) is 0.916. The van der Waals surface area contributed by atoms with Crippen molar-refractivity contribution in [1.82, 2.24) is 10.3 Å². The second kappa shape index (κ2) is 6.68. The fourth-order valence-corrected chi connectivity index (χ4v) is 2.15. The van der Waals surface area contributed by atoms with Gasteiger partial charge in [0.2, 0.25) is 5.88 Å². The molecule has 19 heavy (non-hydrogen) atoms. The third-order valence-corrected chi connectivity index (χ3v) is 3.80. The van der Waals surface area contributed by atoms with Crippen molar-refractivity contribution >= 4 is 15.9 Å². The van der Waals surface area contributed by atoms with Crippen LogP contribution in [-0.2, 0) is 13.1 Å². The van der Waals surface area contributed by atoms with Crippen LogP contribution >= 0.6 is 15.9 Å². The van der Waals surface area contributed by atoms with E-state index in [2.05, 4.69) is 51.4 Å². The number of aryl methyl sites for hydroxylation is 1. The SMILES string of the molecule is COc1ncccc1CNCc1ccc(Br)c(C)c1. The minimum absolute atomic E-state index is 0.682. The van der Waals surface area contributed by atoms with E-state index >= 15 is 0 Å². The normalized spacial score (nSPS) is 10.5. The number of halogens is 1. The third-order valence-electron chi connectivity index (χ3n) is 2.91. The van der Waals surface area contributed by atoms with Gasteiger partial charge in [-0.25, -0.2) is 4.98 Å². The summed E-state index contributed by atoms with van der Waals surface area (Å²) in [4.78, 5) is 4.18. The molecule has 0 aliphatic rings. The molecule has 3 nitrogen and oxygen atoms in total. The highest BCUT2D eigenvalue weighted by molar-refractivity contribution is 9.10. The first-order valence-electron chi connectivity index (χ1n) is 6.14. The molecular formula is C15H17BrN2O. The largest absolute Gasteiger partial charge is 0.481 e. The summed E-state index contributed by atoms with van der Waals surface area (Å²) in [6, 6.07) is 10.3. The van der Waals surface area contributed by atoms with Crippen LogP contribution in [0.25, 0.3) is 0 Å². The molecule has 1 N–H and O–H groups in total. The fraction of sp³-hybridized carbons (Fsp3) is 0.267. The van der Waals surface area contributed by atoms with Crippen LogP contribution in [0.4, 0.5) is 0 Å². The number of hydrogen-bond acceptors (Lipinski definition) is 3. The summed E-state index contributed by atoms with van der Waals surface area (Å²) in [7, 11) is 1.64. The summed E-state index contributed by atoms with van der Waals surface area (Å²) >= 11 is 3.51. The topological polar surface area (TPSA) is 34.1 Å². The van der Waals surface area contributed by atoms with E-state index in [0.29, 0.717) is 5.88 Å². The maximum Gasteiger partial charge on any atom is 0.217 e. The lowest BCUT2D eigenvalue weighted by atomic mass is 10.1. The Hall–Kier alpha value is -1.39. The lowest BCUT2D eigenvalue weighted by Crippen LogP contribution is -2.13. The van der Waals surface area contributed by atoms with Crippen LogP contribution in [0.2, 0.25) is 0 Å². The maximum absolute atomic E-state index is 5.23. The molecule has 1 aromatic carbocycles. The summed E-state index contributed by atoms with van der Waals surface area (Å²) in [5.41, 5.74) is 3.58. The Bertz CT molecular complexity index is 558. The van der Waals surface area contributed by atoms with Gasteiger partial charge >= 0.3 is 0 Å². The molecule has 1 aromatic heterocycles. The van der Waals surface area contributed by atoms with Gasteiger partial charge in [0.25, 0.3) is 0 Å². The van der Waals surface area contributed by atoms with Crippen molar-refractivity contribution < 1.29 is 4.74 Å². The van der Waals surface area contributed by atoms with Crippen molar-refractivity contribution in [1.29, 1.82) is 0 Å². The minimum atomic E-state index is 0.682. The smallest absolute Gasteiger partial charge is 0.217 e. The number of aromatic nitrogens is 1. The zero-order valence-corrected chi connectivity index (χ0v) is 12.7. The summed E-state index contributed by atoms with van der Waals surface area (Å²) < 4.78 is 6.37. The summed E-state index contributed by atoms with van der Waals surface area (Å²) in [6.45, 7) is 3.66. The summed E-state index contributed by atoms with van der Waals surface area (Å²) in [5, 5.41) is 3.40. The van der Waals surface area contributed by atoms with Crippen molar-refractivity contribution in [3.05, 3.63) is 57.7 Å². The Morgan fingerprint density at radius 1 is 1.26 bits per heavy atom. The number of nitrogens with zero attached hydrogens (tertiary/aromatic N) is 1. The average molecular weight is 321 g/mol. The average Bonchev–Trinajstić information content (AvgIpc) is 2.43. The minimum Gasteiger partial charge on any atom is -0.481 e. The van der Waals surface area contributed by atoms with Gasteiger partial charge in [-0.1, -0.05) is 34.1 Å². The molecule has 4 heteroatoms. The molecule has 0 unspecified atom stereocenters. The highest BCUT2D eigenvalue weighted by Crippen LogP contribution is 2.17. The molecule has 0 bridgehead atoms. The number of pyridine rings is 1. The Morgan fingerprint density at radius 2 is 2.11 bits per heavy atom. The highest BCUT2D eigenvalue weighted by Gasteiger charge is 2.03. The highest BCUT2D eigenvalue weighted by atomic mass is 79.9. The molecule has 0 spiro atoms. The van der Waals surface area contributed by atoms with Gasteiger partial charge < -0.3 is 10.1 Å². The molecule has 0 aliphatic heterocycles. The van der Waals surface area contributed by atoms with E-state index in [0.717, 1.165) is 23.1 Å². The van der Waals surface area contributed by atoms with Crippen LogP contribution < -0.4 is 10.1 Å². The first-order chi connectivity index (χ1) is 9.20. The predicted octanol–water partition coefficient (Wildman–Crippen LogP) is 3.45. The molecular weight excluding hydrogens is 304 g/mol. The second-order valence-corrected chi connectivity index (χ2v) is 5.21. The van der Waals surface area contributed by atoms with Crippen LogP contribution in [0, 0.1) is 6.92 Å². The molecule has 0 amide bonds. The number of nitrogens with one attached hydrogen (secondary N) is 1. The van der Waals surface area contributed by atoms with Crippen LogP contribution in [-0.4, -0.2) is 12.1 Å². The van der Waals surface area contributed by atoms with Crippen molar-refractivity contribution in [2.75, 3.05) is 7.11 Å².